The van der Waals surface area contributed by atoms with Gasteiger partial charge in [-0.2, -0.15) is 0 Å². The molecular formula is C65H94O5. The zero-order valence-corrected chi connectivity index (χ0v) is 43.7. The lowest BCUT2D eigenvalue weighted by molar-refractivity contribution is -0.161. The number of rotatable bonds is 45. The topological polar surface area (TPSA) is 72.8 Å². The Morgan fingerprint density at radius 1 is 0.329 bits per heavy atom. The molecule has 0 heterocycles. The summed E-state index contributed by atoms with van der Waals surface area (Å²) in [5.74, 6) is -0.732. The zero-order valence-electron chi connectivity index (χ0n) is 43.7. The van der Waals surface area contributed by atoms with Crippen LogP contribution in [0, 0.1) is 0 Å². The molecule has 384 valence electrons. The molecule has 1 N–H and O–H groups in total. The molecule has 0 saturated heterocycles. The minimum Gasteiger partial charge on any atom is -0.462 e. The molecule has 0 radical (unpaired) electrons. The normalized spacial score (nSPS) is 13.9. The van der Waals surface area contributed by atoms with E-state index in [0.29, 0.717) is 12.8 Å². The predicted octanol–water partition coefficient (Wildman–Crippen LogP) is 18.3. The van der Waals surface area contributed by atoms with Crippen molar-refractivity contribution in [2.24, 2.45) is 0 Å². The van der Waals surface area contributed by atoms with Gasteiger partial charge in [0.15, 0.2) is 6.10 Å². The molecule has 1 atom stereocenters. The van der Waals surface area contributed by atoms with Crippen LogP contribution in [0.15, 0.2) is 207 Å². The van der Waals surface area contributed by atoms with E-state index in [1.807, 2.05) is 0 Å². The molecule has 0 spiro atoms. The second-order valence-corrected chi connectivity index (χ2v) is 16.5. The molecule has 70 heavy (non-hydrogen) atoms. The average Bonchev–Trinajstić information content (AvgIpc) is 3.36. The van der Waals surface area contributed by atoms with Gasteiger partial charge in [-0.25, -0.2) is 0 Å². The summed E-state index contributed by atoms with van der Waals surface area (Å²) in [5, 5.41) is 9.61. The van der Waals surface area contributed by atoms with E-state index in [1.165, 1.54) is 0 Å². The Morgan fingerprint density at radius 2 is 0.571 bits per heavy atom. The molecule has 0 aliphatic carbocycles. The summed E-state index contributed by atoms with van der Waals surface area (Å²) >= 11 is 0. The van der Waals surface area contributed by atoms with Crippen molar-refractivity contribution in [1.29, 1.82) is 0 Å². The van der Waals surface area contributed by atoms with Gasteiger partial charge in [-0.15, -0.1) is 0 Å². The molecule has 0 aromatic rings. The third-order valence-corrected chi connectivity index (χ3v) is 10.1. The van der Waals surface area contributed by atoms with Crippen LogP contribution in [-0.2, 0) is 19.1 Å². The van der Waals surface area contributed by atoms with E-state index in [0.717, 1.165) is 128 Å². The average molecular weight is 955 g/mol. The molecule has 0 aliphatic rings. The van der Waals surface area contributed by atoms with Gasteiger partial charge in [-0.1, -0.05) is 220 Å². The second-order valence-electron chi connectivity index (χ2n) is 16.5. The van der Waals surface area contributed by atoms with Gasteiger partial charge in [0.2, 0.25) is 0 Å². The van der Waals surface area contributed by atoms with Crippen molar-refractivity contribution >= 4 is 11.9 Å². The van der Waals surface area contributed by atoms with Gasteiger partial charge < -0.3 is 14.6 Å². The molecule has 0 aromatic heterocycles. The fraction of sp³-hybridized carbons (Fsp3) is 0.446. The lowest BCUT2D eigenvalue weighted by Gasteiger charge is -2.15. The van der Waals surface area contributed by atoms with Crippen LogP contribution in [-0.4, -0.2) is 36.4 Å². The molecule has 0 rings (SSSR count). The first-order valence-electron chi connectivity index (χ1n) is 26.6. The number of hydrogen-bond acceptors (Lipinski definition) is 5. The van der Waals surface area contributed by atoms with Crippen LogP contribution < -0.4 is 0 Å². The molecule has 0 bridgehead atoms. The van der Waals surface area contributed by atoms with Crippen molar-refractivity contribution in [3.63, 3.8) is 0 Å². The third-order valence-electron chi connectivity index (χ3n) is 10.1. The van der Waals surface area contributed by atoms with E-state index >= 15 is 0 Å². The number of ether oxygens (including phenoxy) is 2. The van der Waals surface area contributed by atoms with E-state index in [4.69, 9.17) is 9.47 Å². The number of unbranched alkanes of at least 4 members (excludes halogenated alkanes) is 3. The summed E-state index contributed by atoms with van der Waals surface area (Å²) < 4.78 is 10.6. The highest BCUT2D eigenvalue weighted by Gasteiger charge is 2.16. The maximum absolute atomic E-state index is 12.3. The summed E-state index contributed by atoms with van der Waals surface area (Å²) in [5.41, 5.74) is 0. The molecule has 0 aromatic carbocycles. The van der Waals surface area contributed by atoms with Crippen LogP contribution in [0.3, 0.4) is 0 Å². The monoisotopic (exact) mass is 955 g/mol. The van der Waals surface area contributed by atoms with Crippen molar-refractivity contribution in [2.45, 2.75) is 174 Å². The van der Waals surface area contributed by atoms with Crippen LogP contribution in [0.2, 0.25) is 0 Å². The minimum absolute atomic E-state index is 0.129. The predicted molar refractivity (Wildman–Crippen MR) is 305 cm³/mol. The molecule has 1 unspecified atom stereocenters. The van der Waals surface area contributed by atoms with E-state index in [9.17, 15) is 14.7 Å². The first-order chi connectivity index (χ1) is 34.6. The quantitative estimate of drug-likeness (QED) is 0.0374. The Labute approximate surface area is 428 Å². The fourth-order valence-corrected chi connectivity index (χ4v) is 6.16. The molecular weight excluding hydrogens is 861 g/mol. The highest BCUT2D eigenvalue weighted by atomic mass is 16.6. The molecule has 5 heteroatoms. The van der Waals surface area contributed by atoms with Crippen molar-refractivity contribution in [3.05, 3.63) is 207 Å². The summed E-state index contributed by atoms with van der Waals surface area (Å²) in [6, 6.07) is 0. The summed E-state index contributed by atoms with van der Waals surface area (Å²) in [6.07, 6.45) is 95.0. The molecule has 0 fully saturated rings. The van der Waals surface area contributed by atoms with Crippen molar-refractivity contribution < 1.29 is 24.2 Å². The van der Waals surface area contributed by atoms with Crippen LogP contribution >= 0.6 is 0 Å². The number of carbonyl (C=O) groups excluding carboxylic acids is 2. The lowest BCUT2D eigenvalue weighted by Crippen LogP contribution is -2.28. The van der Waals surface area contributed by atoms with Crippen molar-refractivity contribution in [1.82, 2.24) is 0 Å². The van der Waals surface area contributed by atoms with Crippen LogP contribution in [0.4, 0.5) is 0 Å². The van der Waals surface area contributed by atoms with Gasteiger partial charge in [0.1, 0.15) is 6.61 Å². The number of carbonyl (C=O) groups is 2. The smallest absolute Gasteiger partial charge is 0.306 e. The number of hydrogen-bond donors (Lipinski definition) is 1. The minimum atomic E-state index is -0.836. The first kappa shape index (κ1) is 64.5. The second kappa shape index (κ2) is 57.8. The molecule has 0 saturated carbocycles. The summed E-state index contributed by atoms with van der Waals surface area (Å²) in [6.45, 7) is 3.79. The Balaban J connectivity index is 3.78. The standard InChI is InChI=1S/C65H94O5/c1-3-5-7-9-11-13-15-17-19-21-22-23-24-25-26-27-28-29-30-31-32-33-34-35-36-37-38-39-40-41-42-44-46-48-50-52-54-56-58-60-65(68)70-63(61-66)62-69-64(67)59-57-55-53-51-49-47-45-43-20-18-16-14-12-10-8-6-4-2/h5-8,11-14,17-20,22-23,25-26,28-29,31-32,34-35,37-38,40-41,44-47,50-53,63,66H,3-4,9-10,15-16,21,24,27,30,33,36,39,42-43,48-49,54-62H2,1-2H3/b7-5-,8-6-,13-11-,14-12-,19-17-,20-18-,23-22-,26-25-,29-28-,32-31-,35-34-,38-37-,41-40-,46-44-,47-45-,52-50-,53-51-. The van der Waals surface area contributed by atoms with Gasteiger partial charge in [0.25, 0.3) is 0 Å². The number of aliphatic hydroxyl groups is 1. The Bertz CT molecular complexity index is 1740. The van der Waals surface area contributed by atoms with Crippen molar-refractivity contribution in [3.8, 4) is 0 Å². The molecule has 0 aliphatic heterocycles. The van der Waals surface area contributed by atoms with Crippen molar-refractivity contribution in [2.75, 3.05) is 13.2 Å². The van der Waals surface area contributed by atoms with E-state index in [1.54, 1.807) is 0 Å². The first-order valence-corrected chi connectivity index (χ1v) is 26.6. The van der Waals surface area contributed by atoms with Gasteiger partial charge in [-0.05, 0) is 141 Å². The van der Waals surface area contributed by atoms with E-state index < -0.39 is 6.10 Å². The zero-order chi connectivity index (χ0) is 50.6. The maximum Gasteiger partial charge on any atom is 0.306 e. The Morgan fingerprint density at radius 3 is 0.843 bits per heavy atom. The lowest BCUT2D eigenvalue weighted by atomic mass is 10.2. The Hall–Kier alpha value is -5.52. The largest absolute Gasteiger partial charge is 0.462 e. The van der Waals surface area contributed by atoms with E-state index in [2.05, 4.69) is 220 Å². The number of esters is 2. The van der Waals surface area contributed by atoms with Crippen LogP contribution in [0.1, 0.15) is 168 Å². The summed E-state index contributed by atoms with van der Waals surface area (Å²) in [7, 11) is 0. The SMILES string of the molecule is CC/C=C\C/C=C\C/C=C\C/C=C\C/C=C\C/C=C\C/C=C\C/C=C\C/C=C\C/C=C\C/C=C\C/C=C\CCCCC(=O)OC(CO)COC(=O)CCC/C=C\C/C=C\C/C=C\C/C=C\C/C=C\CC. The van der Waals surface area contributed by atoms with E-state index in [-0.39, 0.29) is 38.0 Å². The highest BCUT2D eigenvalue weighted by molar-refractivity contribution is 5.70. The fourth-order valence-electron chi connectivity index (χ4n) is 6.16. The summed E-state index contributed by atoms with van der Waals surface area (Å²) in [4.78, 5) is 24.4. The van der Waals surface area contributed by atoms with Crippen LogP contribution in [0.25, 0.3) is 0 Å². The van der Waals surface area contributed by atoms with Gasteiger partial charge in [0, 0.05) is 12.8 Å². The molecule has 0 amide bonds. The number of allylic oxidation sites excluding steroid dienone is 34. The highest BCUT2D eigenvalue weighted by Crippen LogP contribution is 2.07. The maximum atomic E-state index is 12.3. The van der Waals surface area contributed by atoms with Gasteiger partial charge in [0.05, 0.1) is 6.61 Å². The Kier molecular flexibility index (Phi) is 53.2. The van der Waals surface area contributed by atoms with Gasteiger partial charge in [-0.3, -0.25) is 9.59 Å². The third kappa shape index (κ3) is 55.1. The van der Waals surface area contributed by atoms with Gasteiger partial charge >= 0.3 is 11.9 Å². The van der Waals surface area contributed by atoms with Crippen LogP contribution in [0.5, 0.6) is 0 Å². The number of aliphatic hydroxyl groups excluding tert-OH is 1. The molecule has 5 nitrogen and oxygen atoms in total.